The number of methoxy groups -OCH3 is 1. The number of nitrogens with one attached hydrogen (secondary N) is 1. The monoisotopic (exact) mass is 341 g/mol. The Balaban J connectivity index is 1.96. The highest BCUT2D eigenvalue weighted by molar-refractivity contribution is 9.10. The van der Waals surface area contributed by atoms with Crippen LogP contribution in [-0.2, 0) is 15.9 Å². The lowest BCUT2D eigenvalue weighted by Crippen LogP contribution is -2.41. The highest BCUT2D eigenvalue weighted by Gasteiger charge is 2.32. The molecule has 1 aliphatic rings. The van der Waals surface area contributed by atoms with E-state index in [0.29, 0.717) is 5.41 Å². The van der Waals surface area contributed by atoms with Crippen LogP contribution in [0.25, 0.3) is 0 Å². The van der Waals surface area contributed by atoms with Crippen LogP contribution in [0.15, 0.2) is 28.7 Å². The van der Waals surface area contributed by atoms with Gasteiger partial charge in [-0.05, 0) is 42.4 Å². The highest BCUT2D eigenvalue weighted by Crippen LogP contribution is 2.34. The van der Waals surface area contributed by atoms with E-state index in [9.17, 15) is 0 Å². The summed E-state index contributed by atoms with van der Waals surface area (Å²) in [6.45, 7) is 4.48. The molecule has 1 N–H and O–H groups in total. The Morgan fingerprint density at radius 2 is 1.95 bits per heavy atom. The molecule has 0 unspecified atom stereocenters. The Labute approximate surface area is 130 Å². The van der Waals surface area contributed by atoms with Crippen molar-refractivity contribution in [2.75, 3.05) is 40.0 Å². The van der Waals surface area contributed by atoms with Crippen molar-refractivity contribution in [1.82, 2.24) is 5.32 Å². The predicted molar refractivity (Wildman–Crippen MR) is 85.1 cm³/mol. The van der Waals surface area contributed by atoms with Crippen LogP contribution < -0.4 is 5.32 Å². The lowest BCUT2D eigenvalue weighted by Gasteiger charge is -2.37. The maximum Gasteiger partial charge on any atom is 0.0587 e. The Bertz CT molecular complexity index is 388. The molecule has 0 saturated carbocycles. The van der Waals surface area contributed by atoms with E-state index < -0.39 is 0 Å². The molecule has 112 valence electrons. The lowest BCUT2D eigenvalue weighted by molar-refractivity contribution is 0.0143. The number of hydrogen-bond acceptors (Lipinski definition) is 3. The smallest absolute Gasteiger partial charge is 0.0587 e. The molecule has 0 radical (unpaired) electrons. The molecule has 1 aliphatic heterocycles. The van der Waals surface area contributed by atoms with Crippen LogP contribution in [0.1, 0.15) is 18.4 Å². The van der Waals surface area contributed by atoms with Gasteiger partial charge < -0.3 is 14.8 Å². The van der Waals surface area contributed by atoms with Crippen LogP contribution in [0.3, 0.4) is 0 Å². The molecule has 2 rings (SSSR count). The molecule has 0 spiro atoms. The normalized spacial score (nSPS) is 18.1. The second kappa shape index (κ2) is 8.13. The van der Waals surface area contributed by atoms with Crippen molar-refractivity contribution >= 4 is 15.9 Å². The highest BCUT2D eigenvalue weighted by atomic mass is 79.9. The third-order valence-corrected chi connectivity index (χ3v) is 4.56. The minimum atomic E-state index is 0.319. The zero-order valence-corrected chi connectivity index (χ0v) is 13.7. The van der Waals surface area contributed by atoms with Crippen molar-refractivity contribution in [3.63, 3.8) is 0 Å². The van der Waals surface area contributed by atoms with Gasteiger partial charge in [0.1, 0.15) is 0 Å². The number of hydrogen-bond donors (Lipinski definition) is 1. The zero-order chi connectivity index (χ0) is 14.3. The van der Waals surface area contributed by atoms with Crippen LogP contribution >= 0.6 is 15.9 Å². The number of halogens is 1. The summed E-state index contributed by atoms with van der Waals surface area (Å²) >= 11 is 3.50. The fourth-order valence-corrected chi connectivity index (χ4v) is 3.05. The summed E-state index contributed by atoms with van der Waals surface area (Å²) < 4.78 is 11.8. The van der Waals surface area contributed by atoms with Crippen molar-refractivity contribution in [2.45, 2.75) is 19.3 Å². The molecule has 20 heavy (non-hydrogen) atoms. The van der Waals surface area contributed by atoms with Crippen LogP contribution in [0.5, 0.6) is 0 Å². The van der Waals surface area contributed by atoms with Gasteiger partial charge in [-0.25, -0.2) is 0 Å². The summed E-state index contributed by atoms with van der Waals surface area (Å²) in [5, 5.41) is 3.54. The van der Waals surface area contributed by atoms with Gasteiger partial charge in [0.2, 0.25) is 0 Å². The SMILES string of the molecule is COCCNCC1(Cc2ccc(Br)cc2)CCOCC1. The third kappa shape index (κ3) is 4.85. The Morgan fingerprint density at radius 3 is 2.60 bits per heavy atom. The Morgan fingerprint density at radius 1 is 1.25 bits per heavy atom. The maximum atomic E-state index is 5.55. The topological polar surface area (TPSA) is 30.5 Å². The van der Waals surface area contributed by atoms with Crippen LogP contribution in [0, 0.1) is 5.41 Å². The van der Waals surface area contributed by atoms with E-state index in [0.717, 1.165) is 56.6 Å². The van der Waals surface area contributed by atoms with E-state index in [-0.39, 0.29) is 0 Å². The van der Waals surface area contributed by atoms with Gasteiger partial charge in [-0.3, -0.25) is 0 Å². The lowest BCUT2D eigenvalue weighted by atomic mass is 9.75. The minimum absolute atomic E-state index is 0.319. The molecule has 1 heterocycles. The Kier molecular flexibility index (Phi) is 6.49. The van der Waals surface area contributed by atoms with Crippen LogP contribution in [0.4, 0.5) is 0 Å². The minimum Gasteiger partial charge on any atom is -0.383 e. The van der Waals surface area contributed by atoms with Gasteiger partial charge in [0.15, 0.2) is 0 Å². The van der Waals surface area contributed by atoms with Gasteiger partial charge in [-0.1, -0.05) is 28.1 Å². The van der Waals surface area contributed by atoms with Gasteiger partial charge in [0.05, 0.1) is 6.61 Å². The van der Waals surface area contributed by atoms with E-state index in [2.05, 4.69) is 45.5 Å². The fraction of sp³-hybridized carbons (Fsp3) is 0.625. The summed E-state index contributed by atoms with van der Waals surface area (Å²) in [7, 11) is 1.74. The third-order valence-electron chi connectivity index (χ3n) is 4.03. The molecular formula is C16H24BrNO2. The van der Waals surface area contributed by atoms with Gasteiger partial charge >= 0.3 is 0 Å². The maximum absolute atomic E-state index is 5.55. The van der Waals surface area contributed by atoms with Crippen molar-refractivity contribution < 1.29 is 9.47 Å². The summed E-state index contributed by atoms with van der Waals surface area (Å²) in [5.74, 6) is 0. The number of rotatable bonds is 7. The van der Waals surface area contributed by atoms with Gasteiger partial charge in [0.25, 0.3) is 0 Å². The second-order valence-electron chi connectivity index (χ2n) is 5.59. The average molecular weight is 342 g/mol. The molecule has 0 bridgehead atoms. The van der Waals surface area contributed by atoms with Crippen molar-refractivity contribution in [3.8, 4) is 0 Å². The van der Waals surface area contributed by atoms with E-state index in [1.165, 1.54) is 5.56 Å². The summed E-state index contributed by atoms with van der Waals surface area (Å²) in [6.07, 6.45) is 3.37. The van der Waals surface area contributed by atoms with Gasteiger partial charge in [-0.2, -0.15) is 0 Å². The molecule has 3 nitrogen and oxygen atoms in total. The van der Waals surface area contributed by atoms with E-state index in [1.807, 2.05) is 0 Å². The second-order valence-corrected chi connectivity index (χ2v) is 6.50. The largest absolute Gasteiger partial charge is 0.383 e. The molecular weight excluding hydrogens is 318 g/mol. The number of ether oxygens (including phenoxy) is 2. The molecule has 1 saturated heterocycles. The van der Waals surface area contributed by atoms with E-state index in [1.54, 1.807) is 7.11 Å². The summed E-state index contributed by atoms with van der Waals surface area (Å²) in [4.78, 5) is 0. The van der Waals surface area contributed by atoms with Crippen LogP contribution in [0.2, 0.25) is 0 Å². The fourth-order valence-electron chi connectivity index (χ4n) is 2.78. The quantitative estimate of drug-likeness (QED) is 0.773. The molecule has 1 aromatic rings. The molecule has 0 atom stereocenters. The van der Waals surface area contributed by atoms with E-state index in [4.69, 9.17) is 9.47 Å². The number of benzene rings is 1. The summed E-state index contributed by atoms with van der Waals surface area (Å²) in [5.41, 5.74) is 1.73. The average Bonchev–Trinajstić information content (AvgIpc) is 2.47. The van der Waals surface area contributed by atoms with Gasteiger partial charge in [-0.15, -0.1) is 0 Å². The Hall–Kier alpha value is -0.420. The first-order chi connectivity index (χ1) is 9.74. The molecule has 4 heteroatoms. The molecule has 0 aliphatic carbocycles. The van der Waals surface area contributed by atoms with E-state index >= 15 is 0 Å². The zero-order valence-electron chi connectivity index (χ0n) is 12.2. The predicted octanol–water partition coefficient (Wildman–Crippen LogP) is 3.02. The first-order valence-electron chi connectivity index (χ1n) is 7.26. The molecule has 1 aromatic carbocycles. The summed E-state index contributed by atoms with van der Waals surface area (Å²) in [6, 6.07) is 8.69. The first-order valence-corrected chi connectivity index (χ1v) is 8.05. The van der Waals surface area contributed by atoms with Crippen molar-refractivity contribution in [2.24, 2.45) is 5.41 Å². The van der Waals surface area contributed by atoms with Crippen LogP contribution in [-0.4, -0.2) is 40.0 Å². The molecule has 1 fully saturated rings. The van der Waals surface area contributed by atoms with Crippen molar-refractivity contribution in [3.05, 3.63) is 34.3 Å². The molecule has 0 amide bonds. The molecule has 0 aromatic heterocycles. The first kappa shape index (κ1) is 16.0. The standard InChI is InChI=1S/C16H24BrNO2/c1-19-11-8-18-13-16(6-9-20-10-7-16)12-14-2-4-15(17)5-3-14/h2-5,18H,6-13H2,1H3. The van der Waals surface area contributed by atoms with Gasteiger partial charge in [0, 0.05) is 37.9 Å². The van der Waals surface area contributed by atoms with Crippen molar-refractivity contribution in [1.29, 1.82) is 0 Å².